The normalized spacial score (nSPS) is 20.6. The first-order valence-corrected chi connectivity index (χ1v) is 3.73. The van der Waals surface area contributed by atoms with Crippen molar-refractivity contribution >= 4 is 11.8 Å². The largest absolute Gasteiger partial charge is 0.378 e. The summed E-state index contributed by atoms with van der Waals surface area (Å²) in [6.07, 6.45) is 4.16. The van der Waals surface area contributed by atoms with Crippen molar-refractivity contribution < 1.29 is 0 Å². The molecule has 1 atom stereocenters. The summed E-state index contributed by atoms with van der Waals surface area (Å²) in [5.74, 6) is 0. The quantitative estimate of drug-likeness (QED) is 0.589. The molecule has 1 unspecified atom stereocenters. The second-order valence-corrected chi connectivity index (χ2v) is 2.70. The van der Waals surface area contributed by atoms with Gasteiger partial charge in [-0.3, -0.25) is 0 Å². The van der Waals surface area contributed by atoms with Crippen molar-refractivity contribution in [1.29, 1.82) is 0 Å². The van der Waals surface area contributed by atoms with Crippen LogP contribution in [-0.2, 0) is 0 Å². The molecule has 1 nitrogen and oxygen atoms in total. The molecule has 1 aliphatic rings. The van der Waals surface area contributed by atoms with E-state index in [-0.39, 0.29) is 6.04 Å². The maximum atomic E-state index is 3.90. The van der Waals surface area contributed by atoms with Crippen LogP contribution in [0.25, 0.3) is 6.08 Å². The number of para-hydroxylation sites is 1. The zero-order valence-corrected chi connectivity index (χ0v) is 6.25. The number of hydrogen-bond donors (Lipinski definition) is 1. The zero-order valence-electron chi connectivity index (χ0n) is 6.25. The third-order valence-corrected chi connectivity index (χ3v) is 1.81. The van der Waals surface area contributed by atoms with Crippen LogP contribution in [0.3, 0.4) is 0 Å². The summed E-state index contributed by atoms with van der Waals surface area (Å²) < 4.78 is 0. The molecular weight excluding hydrogens is 134 g/mol. The van der Waals surface area contributed by atoms with Gasteiger partial charge in [0.2, 0.25) is 0 Å². The summed E-state index contributed by atoms with van der Waals surface area (Å²) in [6, 6.07) is 8.43. The Kier molecular flexibility index (Phi) is 1.42. The van der Waals surface area contributed by atoms with Crippen LogP contribution in [0.2, 0.25) is 0 Å². The molecule has 2 rings (SSSR count). The van der Waals surface area contributed by atoms with Gasteiger partial charge in [0.15, 0.2) is 0 Å². The van der Waals surface area contributed by atoms with E-state index in [2.05, 4.69) is 36.5 Å². The molecular formula is C10H10N. The van der Waals surface area contributed by atoms with Crippen molar-refractivity contribution in [3.05, 3.63) is 42.8 Å². The monoisotopic (exact) mass is 144 g/mol. The predicted molar refractivity (Wildman–Crippen MR) is 48.2 cm³/mol. The molecule has 0 fully saturated rings. The van der Waals surface area contributed by atoms with E-state index in [1.807, 2.05) is 12.1 Å². The minimum Gasteiger partial charge on any atom is -0.378 e. The molecule has 1 aromatic carbocycles. The van der Waals surface area contributed by atoms with Gasteiger partial charge in [-0.1, -0.05) is 30.4 Å². The molecule has 0 saturated heterocycles. The van der Waals surface area contributed by atoms with E-state index in [0.717, 1.165) is 0 Å². The van der Waals surface area contributed by atoms with Crippen LogP contribution >= 0.6 is 0 Å². The predicted octanol–water partition coefficient (Wildman–Crippen LogP) is 2.33. The lowest BCUT2D eigenvalue weighted by molar-refractivity contribution is 1.10. The van der Waals surface area contributed by atoms with Crippen LogP contribution in [0.15, 0.2) is 30.3 Å². The Morgan fingerprint density at radius 3 is 3.00 bits per heavy atom. The van der Waals surface area contributed by atoms with E-state index < -0.39 is 0 Å². The van der Waals surface area contributed by atoms with Gasteiger partial charge >= 0.3 is 0 Å². The molecule has 0 bridgehead atoms. The maximum Gasteiger partial charge on any atom is 0.0448 e. The molecule has 1 aliphatic heterocycles. The first-order chi connectivity index (χ1) is 5.36. The minimum atomic E-state index is 0.213. The van der Waals surface area contributed by atoms with Gasteiger partial charge < -0.3 is 5.32 Å². The van der Waals surface area contributed by atoms with E-state index in [1.165, 1.54) is 11.3 Å². The highest BCUT2D eigenvalue weighted by atomic mass is 14.9. The number of rotatable bonds is 0. The van der Waals surface area contributed by atoms with Crippen LogP contribution in [0.5, 0.6) is 0 Å². The van der Waals surface area contributed by atoms with Gasteiger partial charge in [-0.2, -0.15) is 0 Å². The second kappa shape index (κ2) is 2.42. The molecule has 1 radical (unpaired) electrons. The fraction of sp³-hybridized carbons (Fsp3) is 0.100. The third-order valence-electron chi connectivity index (χ3n) is 1.81. The first kappa shape index (κ1) is 6.47. The van der Waals surface area contributed by atoms with Crippen LogP contribution in [0.1, 0.15) is 5.56 Å². The molecule has 1 heterocycles. The van der Waals surface area contributed by atoms with Crippen LogP contribution in [-0.4, -0.2) is 6.04 Å². The smallest absolute Gasteiger partial charge is 0.0448 e. The molecule has 0 saturated carbocycles. The third kappa shape index (κ3) is 1.14. The Bertz CT molecular complexity index is 289. The van der Waals surface area contributed by atoms with E-state index in [9.17, 15) is 0 Å². The molecule has 55 valence electrons. The molecule has 1 N–H and O–H groups in total. The molecule has 0 spiro atoms. The Balaban J connectivity index is 2.46. The molecule has 1 aromatic rings. The Labute approximate surface area is 66.7 Å². The zero-order chi connectivity index (χ0) is 7.68. The fourth-order valence-electron chi connectivity index (χ4n) is 1.24. The van der Waals surface area contributed by atoms with E-state index in [4.69, 9.17) is 0 Å². The van der Waals surface area contributed by atoms with Crippen molar-refractivity contribution in [3.63, 3.8) is 0 Å². The number of benzene rings is 1. The summed E-state index contributed by atoms with van der Waals surface area (Å²) in [5, 5.41) is 3.26. The molecule has 0 aromatic heterocycles. The first-order valence-electron chi connectivity index (χ1n) is 3.73. The van der Waals surface area contributed by atoms with Crippen LogP contribution < -0.4 is 5.32 Å². The highest BCUT2D eigenvalue weighted by Gasteiger charge is 2.05. The standard InChI is InChI=1S/C10H10N/c1-8-6-7-9-4-2-3-5-10(9)11-8/h2-8,11H,1H2. The van der Waals surface area contributed by atoms with Gasteiger partial charge in [-0.05, 0) is 18.6 Å². The number of fused-ring (bicyclic) bond motifs is 1. The topological polar surface area (TPSA) is 12.0 Å². The fourth-order valence-corrected chi connectivity index (χ4v) is 1.24. The average molecular weight is 144 g/mol. The summed E-state index contributed by atoms with van der Waals surface area (Å²) in [4.78, 5) is 0. The summed E-state index contributed by atoms with van der Waals surface area (Å²) in [6.45, 7) is 3.90. The van der Waals surface area contributed by atoms with Gasteiger partial charge in [-0.15, -0.1) is 0 Å². The van der Waals surface area contributed by atoms with E-state index >= 15 is 0 Å². The summed E-state index contributed by atoms with van der Waals surface area (Å²) in [5.41, 5.74) is 2.42. The summed E-state index contributed by atoms with van der Waals surface area (Å²) >= 11 is 0. The van der Waals surface area contributed by atoms with Crippen molar-refractivity contribution in [1.82, 2.24) is 0 Å². The van der Waals surface area contributed by atoms with Gasteiger partial charge in [0.05, 0.1) is 0 Å². The highest BCUT2D eigenvalue weighted by molar-refractivity contribution is 5.70. The van der Waals surface area contributed by atoms with Crippen molar-refractivity contribution in [2.75, 3.05) is 5.32 Å². The lowest BCUT2D eigenvalue weighted by Crippen LogP contribution is -2.15. The summed E-state index contributed by atoms with van der Waals surface area (Å²) in [7, 11) is 0. The second-order valence-electron chi connectivity index (χ2n) is 2.70. The van der Waals surface area contributed by atoms with Crippen molar-refractivity contribution in [3.8, 4) is 0 Å². The Morgan fingerprint density at radius 2 is 2.09 bits per heavy atom. The van der Waals surface area contributed by atoms with Gasteiger partial charge in [0, 0.05) is 11.7 Å². The number of hydrogen-bond acceptors (Lipinski definition) is 1. The van der Waals surface area contributed by atoms with Gasteiger partial charge in [0.1, 0.15) is 0 Å². The Hall–Kier alpha value is -1.24. The molecule has 0 aliphatic carbocycles. The van der Waals surface area contributed by atoms with Gasteiger partial charge in [-0.25, -0.2) is 0 Å². The van der Waals surface area contributed by atoms with E-state index in [0.29, 0.717) is 0 Å². The molecule has 0 amide bonds. The average Bonchev–Trinajstić information content (AvgIpc) is 2.04. The Morgan fingerprint density at radius 1 is 1.27 bits per heavy atom. The van der Waals surface area contributed by atoms with Gasteiger partial charge in [0.25, 0.3) is 0 Å². The van der Waals surface area contributed by atoms with Crippen LogP contribution in [0.4, 0.5) is 5.69 Å². The van der Waals surface area contributed by atoms with Crippen molar-refractivity contribution in [2.45, 2.75) is 6.04 Å². The highest BCUT2D eigenvalue weighted by Crippen LogP contribution is 2.21. The lowest BCUT2D eigenvalue weighted by Gasteiger charge is -2.17. The van der Waals surface area contributed by atoms with Crippen molar-refractivity contribution in [2.24, 2.45) is 0 Å². The number of anilines is 1. The van der Waals surface area contributed by atoms with E-state index in [1.54, 1.807) is 0 Å². The lowest BCUT2D eigenvalue weighted by atomic mass is 10.1. The maximum absolute atomic E-state index is 3.90. The van der Waals surface area contributed by atoms with Crippen LogP contribution in [0, 0.1) is 6.92 Å². The molecule has 1 heteroatoms. The minimum absolute atomic E-state index is 0.213. The number of nitrogens with one attached hydrogen (secondary N) is 1. The SMILES string of the molecule is [CH2]C1C=Cc2ccccc2N1. The molecule has 11 heavy (non-hydrogen) atoms.